The lowest BCUT2D eigenvalue weighted by atomic mass is 10.0. The van der Waals surface area contributed by atoms with Crippen molar-refractivity contribution in [2.24, 2.45) is 29.0 Å². The first kappa shape index (κ1) is 66.2. The van der Waals surface area contributed by atoms with Gasteiger partial charge in [-0.25, -0.2) is 4.79 Å². The second-order valence-corrected chi connectivity index (χ2v) is 22.3. The molecule has 0 bridgehead atoms. The molecule has 2 aliphatic heterocycles. The number of hydrogen-bond acceptors (Lipinski definition) is 15. The van der Waals surface area contributed by atoms with Gasteiger partial charge in [-0.3, -0.25) is 52.7 Å². The Bertz CT molecular complexity index is 2600. The number of aliphatic hydroxyl groups is 1. The molecule has 1 aromatic heterocycles. The number of aromatic amines is 1. The number of carboxylic acids is 1. The molecule has 0 radical (unpaired) electrons. The van der Waals surface area contributed by atoms with Gasteiger partial charge in [-0.2, -0.15) is 11.8 Å². The van der Waals surface area contributed by atoms with Gasteiger partial charge in [0, 0.05) is 49.5 Å². The zero-order valence-electron chi connectivity index (χ0n) is 46.7. The molecule has 81 heavy (non-hydrogen) atoms. The zero-order chi connectivity index (χ0) is 60.2. The summed E-state index contributed by atoms with van der Waals surface area (Å²) < 4.78 is 0. The lowest BCUT2D eigenvalue weighted by Gasteiger charge is -2.32. The van der Waals surface area contributed by atoms with Crippen LogP contribution in [0.15, 0.2) is 30.5 Å². The van der Waals surface area contributed by atoms with Crippen LogP contribution in [0.1, 0.15) is 104 Å². The molecule has 4 rings (SSSR count). The second-order valence-electron chi connectivity index (χ2n) is 21.3. The topological polar surface area (TPSA) is 430 Å². The lowest BCUT2D eigenvalue weighted by molar-refractivity contribution is -0.147. The summed E-state index contributed by atoms with van der Waals surface area (Å²) in [6.45, 7) is 7.89. The van der Waals surface area contributed by atoms with Gasteiger partial charge in [-0.15, -0.1) is 0 Å². The van der Waals surface area contributed by atoms with Crippen LogP contribution >= 0.6 is 11.8 Å². The number of aliphatic carboxylic acids is 1. The molecule has 2 aromatic rings. The quantitative estimate of drug-likeness (QED) is 0.0360. The Labute approximate surface area is 474 Å². The number of nitrogens with zero attached hydrogens (tertiary/aromatic N) is 2. The fraction of sp³-hybridized carbons (Fsp3) is 0.623. The molecule has 10 atom stereocenters. The van der Waals surface area contributed by atoms with E-state index in [1.807, 2.05) is 13.8 Å². The van der Waals surface area contributed by atoms with Crippen molar-refractivity contribution < 1.29 is 67.7 Å². The van der Waals surface area contributed by atoms with Gasteiger partial charge in [0.2, 0.25) is 65.0 Å². The molecule has 448 valence electrons. The minimum Gasteiger partial charge on any atom is -0.480 e. The molecule has 0 spiro atoms. The minimum absolute atomic E-state index is 0.0191. The molecule has 2 fully saturated rings. The molecule has 28 heteroatoms. The molecule has 0 aliphatic carbocycles. The lowest BCUT2D eigenvalue weighted by Crippen LogP contribution is -2.62. The highest BCUT2D eigenvalue weighted by Crippen LogP contribution is 2.26. The maximum Gasteiger partial charge on any atom is 0.326 e. The number of primary amides is 2. The van der Waals surface area contributed by atoms with E-state index in [4.69, 9.17) is 17.2 Å². The number of nitrogens with two attached hydrogens (primary N) is 3. The van der Waals surface area contributed by atoms with Gasteiger partial charge in [0.25, 0.3) is 0 Å². The Kier molecular flexibility index (Phi) is 25.8. The third-order valence-electron chi connectivity index (χ3n) is 14.1. The summed E-state index contributed by atoms with van der Waals surface area (Å²) >= 11 is 1.37. The van der Waals surface area contributed by atoms with E-state index < -0.39 is 150 Å². The number of amides is 11. The van der Waals surface area contributed by atoms with Crippen molar-refractivity contribution >= 4 is 93.6 Å². The summed E-state index contributed by atoms with van der Waals surface area (Å²) in [7, 11) is 0. The highest BCUT2D eigenvalue weighted by molar-refractivity contribution is 7.98. The Morgan fingerprint density at radius 2 is 1.23 bits per heavy atom. The summed E-state index contributed by atoms with van der Waals surface area (Å²) in [5.41, 5.74) is 17.6. The number of fused-ring (bicyclic) bond motifs is 1. The SMILES string of the molecule is CSCC[C@H](NC(=O)[C@H](CC(C)C)NC(=O)[C@@H]1CCCN1C(=O)[C@@H]1CCCN1C(=O)CNC(=O)[C@@H](N)CCC(N)=O)C(=O)N[C@@H](Cc1c[nH]c2ccccc12)C(=O)N[C@H](C(=O)N[C@@H](CCC(N)=O)C(=O)N[C@H](C(=O)O)C(C)C)[C@@H](C)O. The number of carbonyl (C=O) groups is 12. The fourth-order valence-corrected chi connectivity index (χ4v) is 10.1. The largest absolute Gasteiger partial charge is 0.480 e. The smallest absolute Gasteiger partial charge is 0.326 e. The normalized spacial score (nSPS) is 18.1. The first-order valence-corrected chi connectivity index (χ1v) is 28.6. The summed E-state index contributed by atoms with van der Waals surface area (Å²) in [5.74, 6) is -10.1. The first-order chi connectivity index (χ1) is 38.2. The summed E-state index contributed by atoms with van der Waals surface area (Å²) in [4.78, 5) is 166. The summed E-state index contributed by atoms with van der Waals surface area (Å²) in [5, 5.41) is 39.3. The standard InChI is InChI=1S/C53H81N13O14S/c1-27(2)23-36(62-50(76)38-13-9-21-66(38)52(78)39-14-10-20-65(39)42(70)26-58-45(71)32(54)15-17-40(55)68)48(74)59-35(19-22-81-6)46(72)61-37(24-30-25-57-33-12-8-7-11-31(30)33)49(75)64-44(29(5)67)51(77)60-34(16-18-41(56)69)47(73)63-43(28(3)4)53(79)80/h7-8,11-12,25,27-29,32,34-39,43-44,57,67H,9-10,13-24,26,54H2,1-6H3,(H2,55,68)(H2,56,69)(H,58,71)(H,59,74)(H,60,77)(H,61,72)(H,62,76)(H,63,73)(H,64,75)(H,79,80)/t29-,32+,34+,35+,36+,37+,38+,39+,43+,44+/m1/s1. The van der Waals surface area contributed by atoms with Gasteiger partial charge >= 0.3 is 5.97 Å². The molecular weight excluding hydrogens is 1070 g/mol. The van der Waals surface area contributed by atoms with Gasteiger partial charge < -0.3 is 79.4 Å². The fourth-order valence-electron chi connectivity index (χ4n) is 9.63. The van der Waals surface area contributed by atoms with Crippen LogP contribution in [0, 0.1) is 11.8 Å². The van der Waals surface area contributed by atoms with Crippen molar-refractivity contribution in [3.63, 3.8) is 0 Å². The van der Waals surface area contributed by atoms with E-state index in [1.54, 1.807) is 50.6 Å². The van der Waals surface area contributed by atoms with Crippen LogP contribution in [0.4, 0.5) is 0 Å². The number of benzene rings is 1. The number of aromatic nitrogens is 1. The predicted octanol–water partition coefficient (Wildman–Crippen LogP) is -2.50. The molecule has 16 N–H and O–H groups in total. The number of H-pyrrole nitrogens is 1. The van der Waals surface area contributed by atoms with E-state index in [2.05, 4.69) is 42.2 Å². The van der Waals surface area contributed by atoms with E-state index >= 15 is 0 Å². The van der Waals surface area contributed by atoms with Gasteiger partial charge in [0.1, 0.15) is 48.3 Å². The first-order valence-electron chi connectivity index (χ1n) is 27.2. The van der Waals surface area contributed by atoms with Crippen molar-refractivity contribution in [3.05, 3.63) is 36.0 Å². The van der Waals surface area contributed by atoms with Crippen molar-refractivity contribution in [1.82, 2.24) is 52.0 Å². The van der Waals surface area contributed by atoms with E-state index in [0.717, 1.165) is 0 Å². The Morgan fingerprint density at radius 1 is 0.679 bits per heavy atom. The Morgan fingerprint density at radius 3 is 1.85 bits per heavy atom. The highest BCUT2D eigenvalue weighted by atomic mass is 32.2. The second kappa shape index (κ2) is 31.6. The van der Waals surface area contributed by atoms with Gasteiger partial charge in [-0.05, 0) is 93.8 Å². The Balaban J connectivity index is 1.54. The number of thioether (sulfide) groups is 1. The Hall–Kier alpha value is -7.33. The third kappa shape index (κ3) is 19.7. The summed E-state index contributed by atoms with van der Waals surface area (Å²) in [6, 6.07) is -4.61. The van der Waals surface area contributed by atoms with Crippen molar-refractivity contribution in [2.45, 2.75) is 166 Å². The van der Waals surface area contributed by atoms with Crippen LogP contribution in [0.5, 0.6) is 0 Å². The van der Waals surface area contributed by atoms with E-state index in [9.17, 15) is 67.7 Å². The van der Waals surface area contributed by atoms with Crippen LogP contribution in [0.2, 0.25) is 0 Å². The van der Waals surface area contributed by atoms with Crippen LogP contribution < -0.4 is 54.4 Å². The van der Waals surface area contributed by atoms with Gasteiger partial charge in [-0.1, -0.05) is 45.9 Å². The average Bonchev–Trinajstić information content (AvgIpc) is 4.31. The number of likely N-dealkylation sites (tertiary alicyclic amines) is 2. The number of aliphatic hydroxyl groups excluding tert-OH is 1. The summed E-state index contributed by atoms with van der Waals surface area (Å²) in [6.07, 6.45) is 2.31. The maximum atomic E-state index is 14.5. The molecule has 0 saturated carbocycles. The van der Waals surface area contributed by atoms with Crippen LogP contribution in [-0.2, 0) is 64.0 Å². The van der Waals surface area contributed by atoms with E-state index in [-0.39, 0.29) is 64.0 Å². The van der Waals surface area contributed by atoms with Crippen molar-refractivity contribution in [2.75, 3.05) is 31.6 Å². The maximum absolute atomic E-state index is 14.5. The number of para-hydroxylation sites is 1. The molecule has 11 amide bonds. The third-order valence-corrected chi connectivity index (χ3v) is 14.7. The van der Waals surface area contributed by atoms with Crippen molar-refractivity contribution in [3.8, 4) is 0 Å². The average molecular weight is 1160 g/mol. The predicted molar refractivity (Wildman–Crippen MR) is 298 cm³/mol. The van der Waals surface area contributed by atoms with Gasteiger partial charge in [0.05, 0.1) is 18.7 Å². The minimum atomic E-state index is -1.78. The van der Waals surface area contributed by atoms with Crippen LogP contribution in [0.3, 0.4) is 0 Å². The zero-order valence-corrected chi connectivity index (χ0v) is 47.6. The van der Waals surface area contributed by atoms with Gasteiger partial charge in [0.15, 0.2) is 0 Å². The molecule has 3 heterocycles. The molecule has 2 saturated heterocycles. The number of carboxylic acid groups (broad SMARTS) is 1. The number of carbonyl (C=O) groups excluding carboxylic acids is 11. The highest BCUT2D eigenvalue weighted by Gasteiger charge is 2.43. The van der Waals surface area contributed by atoms with Crippen molar-refractivity contribution in [1.29, 1.82) is 0 Å². The monoisotopic (exact) mass is 1160 g/mol. The number of nitrogens with one attached hydrogen (secondary N) is 8. The molecular formula is C53H81N13O14S. The number of rotatable bonds is 32. The molecule has 0 unspecified atom stereocenters. The molecule has 2 aliphatic rings. The van der Waals surface area contributed by atoms with E-state index in [0.29, 0.717) is 41.5 Å². The molecule has 27 nitrogen and oxygen atoms in total. The molecule has 1 aromatic carbocycles. The van der Waals surface area contributed by atoms with Crippen LogP contribution in [0.25, 0.3) is 10.9 Å². The number of hydrogen-bond donors (Lipinski definition) is 13. The van der Waals surface area contributed by atoms with Crippen LogP contribution in [-0.4, -0.2) is 188 Å². The van der Waals surface area contributed by atoms with E-state index in [1.165, 1.54) is 28.5 Å².